The van der Waals surface area contributed by atoms with Gasteiger partial charge < -0.3 is 14.2 Å². The van der Waals surface area contributed by atoms with Crippen LogP contribution in [0.25, 0.3) is 0 Å². The highest BCUT2D eigenvalue weighted by atomic mass is 16.7. The zero-order valence-corrected chi connectivity index (χ0v) is 20.9. The minimum Gasteiger partial charge on any atom is -0.384 e. The smallest absolute Gasteiger partial charge is 0.174 e. The van der Waals surface area contributed by atoms with Crippen molar-refractivity contribution in [2.45, 2.75) is 90.7 Å². The molecule has 2 aliphatic rings. The Balaban J connectivity index is 1.91. The maximum atomic E-state index is 6.78. The van der Waals surface area contributed by atoms with Crippen LogP contribution in [0.1, 0.15) is 79.4 Å². The molecule has 31 heavy (non-hydrogen) atoms. The van der Waals surface area contributed by atoms with Crippen molar-refractivity contribution in [2.75, 3.05) is 26.9 Å². The zero-order valence-electron chi connectivity index (χ0n) is 20.9. The number of hydrogen-bond acceptors (Lipinski definition) is 5. The van der Waals surface area contributed by atoms with Gasteiger partial charge in [-0.05, 0) is 39.2 Å². The van der Waals surface area contributed by atoms with Crippen LogP contribution in [0.5, 0.6) is 0 Å². The molecule has 2 aliphatic heterocycles. The molecule has 0 aliphatic carbocycles. The lowest BCUT2D eigenvalue weighted by Gasteiger charge is -2.64. The summed E-state index contributed by atoms with van der Waals surface area (Å²) in [5.74, 6) is -0.474. The highest BCUT2D eigenvalue weighted by molar-refractivity contribution is 5.17. The first-order valence-electron chi connectivity index (χ1n) is 11.9. The molecule has 1 aromatic rings. The average molecular weight is 434 g/mol. The first-order valence-corrected chi connectivity index (χ1v) is 11.9. The van der Waals surface area contributed by atoms with Crippen LogP contribution in [0.3, 0.4) is 0 Å². The van der Waals surface area contributed by atoms with Crippen LogP contribution < -0.4 is 0 Å². The van der Waals surface area contributed by atoms with Crippen molar-refractivity contribution in [2.24, 2.45) is 11.3 Å². The van der Waals surface area contributed by atoms with Crippen LogP contribution in [0, 0.1) is 11.3 Å². The van der Waals surface area contributed by atoms with Gasteiger partial charge in [-0.15, -0.1) is 0 Å². The Hall–Kier alpha value is -0.980. The molecule has 1 aromatic carbocycles. The first kappa shape index (κ1) is 24.7. The fraction of sp³-hybridized carbons (Fsp3) is 0.769. The molecule has 0 N–H and O–H groups in total. The van der Waals surface area contributed by atoms with Gasteiger partial charge in [0.25, 0.3) is 0 Å². The number of hydroxylamine groups is 2. The maximum Gasteiger partial charge on any atom is 0.174 e. The Bertz CT molecular complexity index is 717. The van der Waals surface area contributed by atoms with E-state index in [9.17, 15) is 0 Å². The fourth-order valence-corrected chi connectivity index (χ4v) is 5.39. The number of methoxy groups -OCH3 is 1. The van der Waals surface area contributed by atoms with Crippen LogP contribution in [-0.4, -0.2) is 48.9 Å². The quantitative estimate of drug-likeness (QED) is 0.547. The Morgan fingerprint density at radius 3 is 2.19 bits per heavy atom. The standard InChI is InChI=1S/C26H43NO4/c1-9-24(6)16-26(29-18-23(5,17-28-8)19-30-26)21(4)25(7,10-2)27(24)31-20(3)22-14-12-11-13-15-22/h11-15,20-21H,9-10,16-19H2,1-8H3. The van der Waals surface area contributed by atoms with Gasteiger partial charge in [0.05, 0.1) is 25.4 Å². The van der Waals surface area contributed by atoms with E-state index < -0.39 is 5.79 Å². The molecule has 5 nitrogen and oxygen atoms in total. The van der Waals surface area contributed by atoms with E-state index in [0.29, 0.717) is 19.8 Å². The lowest BCUT2D eigenvalue weighted by Crippen LogP contribution is -2.74. The SMILES string of the molecule is CCC1(C)CC2(OCC(C)(COC)CO2)C(C)C(C)(CC)N1OC(C)c1ccccc1. The van der Waals surface area contributed by atoms with Gasteiger partial charge in [0, 0.05) is 30.4 Å². The predicted molar refractivity (Wildman–Crippen MR) is 124 cm³/mol. The van der Waals surface area contributed by atoms with E-state index in [1.807, 2.05) is 6.07 Å². The van der Waals surface area contributed by atoms with Crippen molar-refractivity contribution >= 4 is 0 Å². The van der Waals surface area contributed by atoms with Gasteiger partial charge in [0.15, 0.2) is 5.79 Å². The fourth-order valence-electron chi connectivity index (χ4n) is 5.39. The minimum atomic E-state index is -0.612. The summed E-state index contributed by atoms with van der Waals surface area (Å²) in [6.45, 7) is 17.6. The van der Waals surface area contributed by atoms with Crippen molar-refractivity contribution in [1.82, 2.24) is 5.06 Å². The molecule has 0 radical (unpaired) electrons. The number of benzene rings is 1. The van der Waals surface area contributed by atoms with Crippen molar-refractivity contribution in [3.63, 3.8) is 0 Å². The van der Waals surface area contributed by atoms with Gasteiger partial charge in [-0.3, -0.25) is 4.84 Å². The lowest BCUT2D eigenvalue weighted by molar-refractivity contribution is -0.416. The third-order valence-corrected chi connectivity index (χ3v) is 8.01. The van der Waals surface area contributed by atoms with Crippen LogP contribution in [0.4, 0.5) is 0 Å². The second-order valence-electron chi connectivity index (χ2n) is 10.5. The molecule has 0 saturated carbocycles. The lowest BCUT2D eigenvalue weighted by atomic mass is 9.67. The second kappa shape index (κ2) is 9.11. The topological polar surface area (TPSA) is 40.2 Å². The molecular formula is C26H43NO4. The Labute approximate surface area is 189 Å². The molecule has 0 amide bonds. The van der Waals surface area contributed by atoms with E-state index in [1.165, 1.54) is 5.56 Å². The van der Waals surface area contributed by atoms with Crippen LogP contribution in [-0.2, 0) is 19.0 Å². The number of ether oxygens (including phenoxy) is 3. The van der Waals surface area contributed by atoms with E-state index in [-0.39, 0.29) is 28.5 Å². The molecule has 0 aromatic heterocycles. The average Bonchev–Trinajstić information content (AvgIpc) is 2.78. The zero-order chi connectivity index (χ0) is 22.9. The first-order chi connectivity index (χ1) is 14.6. The predicted octanol–water partition coefficient (Wildman–Crippen LogP) is 5.75. The Kier molecular flexibility index (Phi) is 7.24. The van der Waals surface area contributed by atoms with E-state index in [0.717, 1.165) is 19.3 Å². The van der Waals surface area contributed by atoms with Crippen LogP contribution >= 0.6 is 0 Å². The maximum absolute atomic E-state index is 6.78. The molecule has 4 atom stereocenters. The highest BCUT2D eigenvalue weighted by Crippen LogP contribution is 2.54. The molecule has 4 unspecified atom stereocenters. The van der Waals surface area contributed by atoms with Crippen molar-refractivity contribution < 1.29 is 19.0 Å². The molecule has 2 fully saturated rings. The summed E-state index contributed by atoms with van der Waals surface area (Å²) in [7, 11) is 1.74. The van der Waals surface area contributed by atoms with Crippen molar-refractivity contribution in [1.29, 1.82) is 0 Å². The van der Waals surface area contributed by atoms with Gasteiger partial charge >= 0.3 is 0 Å². The number of hydrogen-bond donors (Lipinski definition) is 0. The van der Waals surface area contributed by atoms with Gasteiger partial charge in [-0.25, -0.2) is 0 Å². The summed E-state index contributed by atoms with van der Waals surface area (Å²) >= 11 is 0. The summed E-state index contributed by atoms with van der Waals surface area (Å²) in [5.41, 5.74) is 0.629. The Morgan fingerprint density at radius 1 is 1.06 bits per heavy atom. The van der Waals surface area contributed by atoms with E-state index >= 15 is 0 Å². The molecule has 176 valence electrons. The van der Waals surface area contributed by atoms with Gasteiger partial charge in [-0.2, -0.15) is 5.06 Å². The molecule has 2 heterocycles. The molecule has 0 bridgehead atoms. The normalized spacial score (nSPS) is 40.2. The van der Waals surface area contributed by atoms with Crippen molar-refractivity contribution in [3.8, 4) is 0 Å². The summed E-state index contributed by atoms with van der Waals surface area (Å²) in [6, 6.07) is 10.5. The molecule has 1 spiro atoms. The van der Waals surface area contributed by atoms with Gasteiger partial charge in [-0.1, -0.05) is 58.0 Å². The molecule has 2 saturated heterocycles. The van der Waals surface area contributed by atoms with Crippen molar-refractivity contribution in [3.05, 3.63) is 35.9 Å². The van der Waals surface area contributed by atoms with Crippen LogP contribution in [0.15, 0.2) is 30.3 Å². The number of rotatable bonds is 7. The third-order valence-electron chi connectivity index (χ3n) is 8.01. The molecule has 3 rings (SSSR count). The van der Waals surface area contributed by atoms with Crippen LogP contribution in [0.2, 0.25) is 0 Å². The van der Waals surface area contributed by atoms with E-state index in [1.54, 1.807) is 7.11 Å². The van der Waals surface area contributed by atoms with Gasteiger partial charge in [0.2, 0.25) is 0 Å². The minimum absolute atomic E-state index is 0.0302. The monoisotopic (exact) mass is 433 g/mol. The second-order valence-corrected chi connectivity index (χ2v) is 10.5. The summed E-state index contributed by atoms with van der Waals surface area (Å²) in [4.78, 5) is 6.78. The number of piperidine rings is 1. The number of nitrogens with zero attached hydrogens (tertiary/aromatic N) is 1. The Morgan fingerprint density at radius 2 is 1.68 bits per heavy atom. The summed E-state index contributed by atoms with van der Waals surface area (Å²) in [5, 5.41) is 2.29. The third kappa shape index (κ3) is 4.45. The highest BCUT2D eigenvalue weighted by Gasteiger charge is 2.63. The van der Waals surface area contributed by atoms with E-state index in [2.05, 4.69) is 77.8 Å². The van der Waals surface area contributed by atoms with E-state index in [4.69, 9.17) is 19.0 Å². The largest absolute Gasteiger partial charge is 0.384 e. The summed E-state index contributed by atoms with van der Waals surface area (Å²) in [6.07, 6.45) is 2.63. The van der Waals surface area contributed by atoms with Gasteiger partial charge in [0.1, 0.15) is 6.10 Å². The molecular weight excluding hydrogens is 390 g/mol. The molecule has 5 heteroatoms. The summed E-state index contributed by atoms with van der Waals surface area (Å²) < 4.78 is 18.7.